The number of carboxylic acid groups (broad SMARTS) is 1. The van der Waals surface area contributed by atoms with Crippen molar-refractivity contribution in [2.45, 2.75) is 0 Å². The van der Waals surface area contributed by atoms with Gasteiger partial charge in [-0.15, -0.1) is 6.07 Å². The van der Waals surface area contributed by atoms with E-state index in [-0.39, 0.29) is 25.8 Å². The van der Waals surface area contributed by atoms with E-state index >= 15 is 0 Å². The van der Waals surface area contributed by atoms with Crippen LogP contribution >= 0.6 is 0 Å². The first-order valence-corrected chi connectivity index (χ1v) is 8.71. The van der Waals surface area contributed by atoms with Gasteiger partial charge in [-0.3, -0.25) is 0 Å². The van der Waals surface area contributed by atoms with Gasteiger partial charge in [-0.05, 0) is 30.3 Å². The molecule has 0 saturated heterocycles. The number of hydrogen-bond donors (Lipinski definition) is 1. The van der Waals surface area contributed by atoms with Gasteiger partial charge in [0.2, 0.25) is 0 Å². The smallest absolute Gasteiger partial charge is 0.354 e. The molecule has 5 rings (SSSR count). The van der Waals surface area contributed by atoms with Gasteiger partial charge in [0.25, 0.3) is 0 Å². The minimum absolute atomic E-state index is 0. The Morgan fingerprint density at radius 2 is 1.55 bits per heavy atom. The standard InChI is InChI=1S/C17H11N2.C6H5NO2.Ir/c1-2-7-13(8-3-1)19-16-11-5-4-9-14(16)15-10-6-12-18-17(15)19;8-6(9)5-3-1-2-4-7-5;/h1-7,9-12H;1-4H,(H,8,9);/q-1;;. The summed E-state index contributed by atoms with van der Waals surface area (Å²) in [6.45, 7) is 0. The first-order chi connectivity index (χ1) is 13.8. The Kier molecular flexibility index (Phi) is 6.50. The van der Waals surface area contributed by atoms with Gasteiger partial charge in [0.05, 0.1) is 5.52 Å². The Hall–Kier alpha value is -3.34. The number of pyridine rings is 2. The fraction of sp³-hybridized carbons (Fsp3) is 0. The summed E-state index contributed by atoms with van der Waals surface area (Å²) < 4.78 is 2.16. The van der Waals surface area contributed by atoms with Crippen molar-refractivity contribution in [1.82, 2.24) is 14.5 Å². The molecular weight excluding hydrogens is 542 g/mol. The molecule has 0 saturated carbocycles. The number of aromatic carboxylic acids is 1. The molecule has 0 unspecified atom stereocenters. The average Bonchev–Trinajstić information content (AvgIpc) is 3.10. The first kappa shape index (κ1) is 20.4. The quantitative estimate of drug-likeness (QED) is 0.318. The van der Waals surface area contributed by atoms with Crippen molar-refractivity contribution in [3.63, 3.8) is 0 Å². The van der Waals surface area contributed by atoms with Crippen LogP contribution in [0, 0.1) is 6.07 Å². The Balaban J connectivity index is 0.000000205. The van der Waals surface area contributed by atoms with Crippen LogP contribution in [0.25, 0.3) is 27.6 Å². The molecule has 0 bridgehead atoms. The first-order valence-electron chi connectivity index (χ1n) is 8.71. The second-order valence-electron chi connectivity index (χ2n) is 6.00. The molecule has 0 atom stereocenters. The summed E-state index contributed by atoms with van der Waals surface area (Å²) in [7, 11) is 0. The van der Waals surface area contributed by atoms with Gasteiger partial charge < -0.3 is 9.67 Å². The molecule has 29 heavy (non-hydrogen) atoms. The molecular formula is C23H16IrN3O2-. The summed E-state index contributed by atoms with van der Waals surface area (Å²) in [5.41, 5.74) is 3.25. The van der Waals surface area contributed by atoms with Crippen molar-refractivity contribution in [2.75, 3.05) is 0 Å². The number of nitrogens with zero attached hydrogens (tertiary/aromatic N) is 3. The van der Waals surface area contributed by atoms with Crippen LogP contribution < -0.4 is 0 Å². The van der Waals surface area contributed by atoms with Crippen molar-refractivity contribution in [2.24, 2.45) is 0 Å². The summed E-state index contributed by atoms with van der Waals surface area (Å²) in [4.78, 5) is 18.3. The maximum atomic E-state index is 10.1. The zero-order chi connectivity index (χ0) is 19.3. The summed E-state index contributed by atoms with van der Waals surface area (Å²) >= 11 is 0. The molecule has 3 aromatic heterocycles. The summed E-state index contributed by atoms with van der Waals surface area (Å²) in [6, 6.07) is 28.5. The second-order valence-corrected chi connectivity index (χ2v) is 6.00. The van der Waals surface area contributed by atoms with E-state index in [0.29, 0.717) is 0 Å². The molecule has 1 N–H and O–H groups in total. The SMILES string of the molecule is O=C(O)c1ccccn1.[Ir].[c-]1ccccc1-n1c2ccccc2c2cccnc21. The zero-order valence-corrected chi connectivity index (χ0v) is 17.6. The van der Waals surface area contributed by atoms with Crippen LogP contribution in [0.1, 0.15) is 10.5 Å². The van der Waals surface area contributed by atoms with Crippen molar-refractivity contribution < 1.29 is 30.0 Å². The third kappa shape index (κ3) is 4.24. The van der Waals surface area contributed by atoms with E-state index in [2.05, 4.69) is 57.0 Å². The van der Waals surface area contributed by atoms with Gasteiger partial charge in [0.1, 0.15) is 11.3 Å². The fourth-order valence-electron chi connectivity index (χ4n) is 3.05. The topological polar surface area (TPSA) is 68.0 Å². The molecule has 5 aromatic rings. The van der Waals surface area contributed by atoms with E-state index in [1.54, 1.807) is 12.1 Å². The number of aromatic nitrogens is 3. The second kappa shape index (κ2) is 9.24. The number of hydrogen-bond acceptors (Lipinski definition) is 3. The largest absolute Gasteiger partial charge is 0.477 e. The van der Waals surface area contributed by atoms with Crippen molar-refractivity contribution >= 4 is 27.9 Å². The van der Waals surface area contributed by atoms with Crippen LogP contribution in [0.15, 0.2) is 91.3 Å². The predicted molar refractivity (Wildman–Crippen MR) is 109 cm³/mol. The van der Waals surface area contributed by atoms with Crippen LogP contribution in [-0.2, 0) is 20.1 Å². The number of benzene rings is 2. The van der Waals surface area contributed by atoms with Crippen molar-refractivity contribution in [3.8, 4) is 5.69 Å². The molecule has 0 amide bonds. The van der Waals surface area contributed by atoms with Gasteiger partial charge in [-0.1, -0.05) is 30.0 Å². The third-order valence-corrected chi connectivity index (χ3v) is 4.25. The van der Waals surface area contributed by atoms with Crippen LogP contribution in [0.5, 0.6) is 0 Å². The van der Waals surface area contributed by atoms with Gasteiger partial charge >= 0.3 is 5.97 Å². The Morgan fingerprint density at radius 3 is 2.24 bits per heavy atom. The van der Waals surface area contributed by atoms with Crippen LogP contribution in [0.4, 0.5) is 0 Å². The van der Waals surface area contributed by atoms with Crippen LogP contribution in [0.2, 0.25) is 0 Å². The molecule has 0 spiro atoms. The molecule has 1 radical (unpaired) electrons. The summed E-state index contributed by atoms with van der Waals surface area (Å²) in [6.07, 6.45) is 3.28. The number of carbonyl (C=O) groups is 1. The Morgan fingerprint density at radius 1 is 0.828 bits per heavy atom. The maximum Gasteiger partial charge on any atom is 0.354 e. The molecule has 0 aliphatic carbocycles. The third-order valence-electron chi connectivity index (χ3n) is 4.25. The van der Waals surface area contributed by atoms with E-state index in [0.717, 1.165) is 11.3 Å². The van der Waals surface area contributed by atoms with Crippen molar-refractivity contribution in [1.29, 1.82) is 0 Å². The zero-order valence-electron chi connectivity index (χ0n) is 15.2. The van der Waals surface area contributed by atoms with E-state index in [1.807, 2.05) is 30.5 Å². The minimum atomic E-state index is -0.990. The molecule has 0 fully saturated rings. The van der Waals surface area contributed by atoms with Crippen molar-refractivity contribution in [3.05, 3.63) is 103 Å². The van der Waals surface area contributed by atoms with E-state index in [9.17, 15) is 4.79 Å². The van der Waals surface area contributed by atoms with E-state index in [4.69, 9.17) is 5.11 Å². The molecule has 3 heterocycles. The fourth-order valence-corrected chi connectivity index (χ4v) is 3.05. The van der Waals surface area contributed by atoms with E-state index < -0.39 is 5.97 Å². The number of rotatable bonds is 2. The Bertz CT molecular complexity index is 1190. The van der Waals surface area contributed by atoms with Crippen LogP contribution in [0.3, 0.4) is 0 Å². The minimum Gasteiger partial charge on any atom is -0.477 e. The monoisotopic (exact) mass is 559 g/mol. The summed E-state index contributed by atoms with van der Waals surface area (Å²) in [5, 5.41) is 10.7. The molecule has 2 aromatic carbocycles. The van der Waals surface area contributed by atoms with Gasteiger partial charge in [0, 0.05) is 43.3 Å². The predicted octanol–water partition coefficient (Wildman–Crippen LogP) is 4.76. The maximum absolute atomic E-state index is 10.1. The van der Waals surface area contributed by atoms with Gasteiger partial charge in [-0.25, -0.2) is 14.8 Å². The molecule has 5 nitrogen and oxygen atoms in total. The molecule has 0 aliphatic rings. The number of fused-ring (bicyclic) bond motifs is 3. The number of para-hydroxylation sites is 2. The van der Waals surface area contributed by atoms with Gasteiger partial charge in [-0.2, -0.15) is 24.3 Å². The molecule has 145 valence electrons. The Labute approximate surface area is 181 Å². The number of carboxylic acids is 1. The van der Waals surface area contributed by atoms with Crippen LogP contribution in [-0.4, -0.2) is 25.6 Å². The van der Waals surface area contributed by atoms with E-state index in [1.165, 1.54) is 28.6 Å². The van der Waals surface area contributed by atoms with Gasteiger partial charge in [0.15, 0.2) is 0 Å². The molecule has 6 heteroatoms. The summed E-state index contributed by atoms with van der Waals surface area (Å²) in [5.74, 6) is -0.990. The normalized spacial score (nSPS) is 10.1. The average molecular weight is 559 g/mol. The molecule has 0 aliphatic heterocycles.